The summed E-state index contributed by atoms with van der Waals surface area (Å²) in [6.07, 6.45) is 0. The number of nitrogens with zero attached hydrogens (tertiary/aromatic N) is 1. The van der Waals surface area contributed by atoms with Crippen molar-refractivity contribution >= 4 is 17.4 Å². The highest BCUT2D eigenvalue weighted by Crippen LogP contribution is 2.39. The molecule has 0 saturated carbocycles. The molecular formula is C26H31NO6. The van der Waals surface area contributed by atoms with Crippen molar-refractivity contribution in [1.29, 1.82) is 0 Å². The minimum atomic E-state index is -0.740. The molecule has 1 heterocycles. The molecule has 2 N–H and O–H groups in total. The maximum Gasteiger partial charge on any atom is 0.295 e. The second-order valence-electron chi connectivity index (χ2n) is 8.11. The van der Waals surface area contributed by atoms with Crippen molar-refractivity contribution in [2.75, 3.05) is 33.0 Å². The van der Waals surface area contributed by atoms with Crippen molar-refractivity contribution < 1.29 is 29.3 Å². The maximum atomic E-state index is 13.0. The lowest BCUT2D eigenvalue weighted by Gasteiger charge is -2.25. The van der Waals surface area contributed by atoms with Crippen molar-refractivity contribution in [3.05, 3.63) is 70.8 Å². The third kappa shape index (κ3) is 5.43. The minimum Gasteiger partial charge on any atom is -0.507 e. The molecule has 0 radical (unpaired) electrons. The zero-order chi connectivity index (χ0) is 24.0. The fourth-order valence-corrected chi connectivity index (χ4v) is 3.88. The summed E-state index contributed by atoms with van der Waals surface area (Å²) in [5.41, 5.74) is 2.34. The van der Waals surface area contributed by atoms with E-state index >= 15 is 0 Å². The smallest absolute Gasteiger partial charge is 0.295 e. The van der Waals surface area contributed by atoms with Gasteiger partial charge in [-0.1, -0.05) is 38.1 Å². The van der Waals surface area contributed by atoms with E-state index in [1.807, 2.05) is 31.2 Å². The molecule has 2 aromatic rings. The van der Waals surface area contributed by atoms with Crippen LogP contribution in [0.4, 0.5) is 0 Å². The van der Waals surface area contributed by atoms with Crippen LogP contribution < -0.4 is 4.74 Å². The SMILES string of the molecule is CCOc1ccc(/C(O)=C2\C(=O)C(=O)N(CCOCCO)[C@H]2c2ccc(C(C)C)cc2)cc1. The van der Waals surface area contributed by atoms with E-state index < -0.39 is 17.7 Å². The van der Waals surface area contributed by atoms with Gasteiger partial charge in [-0.25, -0.2) is 0 Å². The molecule has 1 aliphatic rings. The van der Waals surface area contributed by atoms with Gasteiger partial charge in [0, 0.05) is 12.1 Å². The average Bonchev–Trinajstić information content (AvgIpc) is 3.07. The van der Waals surface area contributed by atoms with Crippen molar-refractivity contribution in [3.8, 4) is 5.75 Å². The highest BCUT2D eigenvalue weighted by molar-refractivity contribution is 6.46. The first-order valence-electron chi connectivity index (χ1n) is 11.2. The Kier molecular flexibility index (Phi) is 8.25. The van der Waals surface area contributed by atoms with Gasteiger partial charge in [0.15, 0.2) is 0 Å². The molecule has 0 spiro atoms. The number of rotatable bonds is 10. The number of aliphatic hydroxyl groups excluding tert-OH is 2. The van der Waals surface area contributed by atoms with E-state index in [-0.39, 0.29) is 37.7 Å². The van der Waals surface area contributed by atoms with E-state index in [0.29, 0.717) is 23.8 Å². The van der Waals surface area contributed by atoms with Crippen LogP contribution in [0.5, 0.6) is 5.75 Å². The van der Waals surface area contributed by atoms with Gasteiger partial charge in [0.2, 0.25) is 0 Å². The molecule has 0 unspecified atom stereocenters. The Bertz CT molecular complexity index is 994. The van der Waals surface area contributed by atoms with Crippen LogP contribution in [0, 0.1) is 0 Å². The fraction of sp³-hybridized carbons (Fsp3) is 0.385. The van der Waals surface area contributed by atoms with Gasteiger partial charge in [-0.2, -0.15) is 0 Å². The standard InChI is InChI=1S/C26H31NO6/c1-4-33-21-11-9-20(10-12-21)24(29)22-23(19-7-5-18(6-8-19)17(2)3)27(26(31)25(22)30)13-15-32-16-14-28/h5-12,17,23,28-29H,4,13-16H2,1-3H3/b24-22+/t23-/m0/s1. The lowest BCUT2D eigenvalue weighted by molar-refractivity contribution is -0.140. The fourth-order valence-electron chi connectivity index (χ4n) is 3.88. The lowest BCUT2D eigenvalue weighted by Crippen LogP contribution is -2.33. The number of hydrogen-bond acceptors (Lipinski definition) is 6. The number of Topliss-reactive ketones (excluding diaryl/α,β-unsaturated/α-hetero) is 1. The molecule has 0 aromatic heterocycles. The number of carbonyl (C=O) groups excluding carboxylic acids is 2. The molecule has 0 aliphatic carbocycles. The molecular weight excluding hydrogens is 422 g/mol. The molecule has 33 heavy (non-hydrogen) atoms. The number of ether oxygens (including phenoxy) is 2. The third-order valence-electron chi connectivity index (χ3n) is 5.61. The summed E-state index contributed by atoms with van der Waals surface area (Å²) in [7, 11) is 0. The van der Waals surface area contributed by atoms with Crippen LogP contribution in [0.25, 0.3) is 5.76 Å². The van der Waals surface area contributed by atoms with Crippen molar-refractivity contribution in [3.63, 3.8) is 0 Å². The van der Waals surface area contributed by atoms with E-state index in [0.717, 1.165) is 11.1 Å². The summed E-state index contributed by atoms with van der Waals surface area (Å²) in [6, 6.07) is 13.7. The molecule has 176 valence electrons. The van der Waals surface area contributed by atoms with E-state index in [1.54, 1.807) is 24.3 Å². The summed E-state index contributed by atoms with van der Waals surface area (Å²) < 4.78 is 10.8. The Morgan fingerprint density at radius 2 is 1.70 bits per heavy atom. The van der Waals surface area contributed by atoms with Gasteiger partial charge < -0.3 is 24.6 Å². The Balaban J connectivity index is 2.03. The van der Waals surface area contributed by atoms with Crippen LogP contribution in [-0.2, 0) is 14.3 Å². The molecule has 3 rings (SSSR count). The number of carbonyl (C=O) groups is 2. The number of amides is 1. The van der Waals surface area contributed by atoms with Crippen LogP contribution in [-0.4, -0.2) is 59.8 Å². The van der Waals surface area contributed by atoms with E-state index in [2.05, 4.69) is 13.8 Å². The molecule has 1 fully saturated rings. The second-order valence-corrected chi connectivity index (χ2v) is 8.11. The first-order valence-corrected chi connectivity index (χ1v) is 11.2. The predicted octanol–water partition coefficient (Wildman–Crippen LogP) is 3.64. The molecule has 1 saturated heterocycles. The first-order chi connectivity index (χ1) is 15.9. The largest absolute Gasteiger partial charge is 0.507 e. The summed E-state index contributed by atoms with van der Waals surface area (Å²) in [5.74, 6) is -0.667. The maximum absolute atomic E-state index is 13.0. The molecule has 2 aromatic carbocycles. The van der Waals surface area contributed by atoms with Gasteiger partial charge in [-0.15, -0.1) is 0 Å². The Labute approximate surface area is 194 Å². The van der Waals surface area contributed by atoms with Crippen LogP contribution in [0.3, 0.4) is 0 Å². The van der Waals surface area contributed by atoms with Gasteiger partial charge in [-0.3, -0.25) is 9.59 Å². The highest BCUT2D eigenvalue weighted by atomic mass is 16.5. The summed E-state index contributed by atoms with van der Waals surface area (Å²) in [6.45, 7) is 6.90. The molecule has 1 amide bonds. The van der Waals surface area contributed by atoms with E-state index in [9.17, 15) is 14.7 Å². The van der Waals surface area contributed by atoms with E-state index in [4.69, 9.17) is 14.6 Å². The molecule has 0 bridgehead atoms. The number of benzene rings is 2. The Hall–Kier alpha value is -3.16. The Morgan fingerprint density at radius 3 is 2.27 bits per heavy atom. The molecule has 1 atom stereocenters. The second kappa shape index (κ2) is 11.1. The molecule has 7 nitrogen and oxygen atoms in total. The number of aliphatic hydroxyl groups is 2. The van der Waals surface area contributed by atoms with Crippen molar-refractivity contribution in [2.45, 2.75) is 32.7 Å². The summed E-state index contributed by atoms with van der Waals surface area (Å²) >= 11 is 0. The van der Waals surface area contributed by atoms with Gasteiger partial charge in [0.25, 0.3) is 11.7 Å². The number of likely N-dealkylation sites (tertiary alicyclic amines) is 1. The van der Waals surface area contributed by atoms with Gasteiger partial charge >= 0.3 is 0 Å². The van der Waals surface area contributed by atoms with Gasteiger partial charge in [0.1, 0.15) is 11.5 Å². The lowest BCUT2D eigenvalue weighted by atomic mass is 9.93. The van der Waals surface area contributed by atoms with Gasteiger partial charge in [0.05, 0.1) is 38.0 Å². The van der Waals surface area contributed by atoms with Crippen molar-refractivity contribution in [2.24, 2.45) is 0 Å². The number of hydrogen-bond donors (Lipinski definition) is 2. The Morgan fingerprint density at radius 1 is 1.03 bits per heavy atom. The zero-order valence-corrected chi connectivity index (χ0v) is 19.3. The quantitative estimate of drug-likeness (QED) is 0.247. The van der Waals surface area contributed by atoms with Crippen LogP contribution in [0.2, 0.25) is 0 Å². The van der Waals surface area contributed by atoms with E-state index in [1.165, 1.54) is 4.90 Å². The first kappa shape index (κ1) is 24.5. The number of ketones is 1. The normalized spacial score (nSPS) is 17.7. The average molecular weight is 454 g/mol. The highest BCUT2D eigenvalue weighted by Gasteiger charge is 2.45. The molecule has 7 heteroatoms. The van der Waals surface area contributed by atoms with Crippen LogP contribution in [0.1, 0.15) is 49.4 Å². The van der Waals surface area contributed by atoms with Crippen LogP contribution in [0.15, 0.2) is 54.1 Å². The summed E-state index contributed by atoms with van der Waals surface area (Å²) in [4.78, 5) is 27.4. The van der Waals surface area contributed by atoms with Gasteiger partial charge in [-0.05, 0) is 48.2 Å². The predicted molar refractivity (Wildman–Crippen MR) is 125 cm³/mol. The van der Waals surface area contributed by atoms with Crippen molar-refractivity contribution in [1.82, 2.24) is 4.90 Å². The monoisotopic (exact) mass is 453 g/mol. The van der Waals surface area contributed by atoms with Crippen LogP contribution >= 0.6 is 0 Å². The summed E-state index contributed by atoms with van der Waals surface area (Å²) in [5, 5.41) is 20.0. The minimum absolute atomic E-state index is 0.0450. The topological polar surface area (TPSA) is 96.3 Å². The zero-order valence-electron chi connectivity index (χ0n) is 19.3. The third-order valence-corrected chi connectivity index (χ3v) is 5.61. The molecule has 1 aliphatic heterocycles.